The van der Waals surface area contributed by atoms with Gasteiger partial charge in [0.2, 0.25) is 5.91 Å². The number of hydrogen-bond donors (Lipinski definition) is 3. The summed E-state index contributed by atoms with van der Waals surface area (Å²) in [5, 5.41) is 8.62. The Morgan fingerprint density at radius 1 is 1.03 bits per heavy atom. The van der Waals surface area contributed by atoms with Crippen molar-refractivity contribution >= 4 is 23.2 Å². The van der Waals surface area contributed by atoms with Crippen molar-refractivity contribution in [3.8, 4) is 5.75 Å². The van der Waals surface area contributed by atoms with Crippen molar-refractivity contribution in [3.05, 3.63) is 90.9 Å². The monoisotopic (exact) mass is 405 g/mol. The van der Waals surface area contributed by atoms with E-state index in [2.05, 4.69) is 22.5 Å². The molecule has 7 nitrogen and oxygen atoms in total. The minimum absolute atomic E-state index is 0.0508. The molecule has 3 N–H and O–H groups in total. The van der Waals surface area contributed by atoms with Crippen molar-refractivity contribution < 1.29 is 18.7 Å². The predicted octanol–water partition coefficient (Wildman–Crippen LogP) is 3.83. The molecule has 2 aromatic carbocycles. The van der Waals surface area contributed by atoms with Gasteiger partial charge in [0.15, 0.2) is 0 Å². The maximum absolute atomic E-state index is 12.3. The molecule has 0 saturated carbocycles. The fourth-order valence-electron chi connectivity index (χ4n) is 2.66. The van der Waals surface area contributed by atoms with Gasteiger partial charge in [-0.3, -0.25) is 9.59 Å². The molecule has 0 saturated heterocycles. The van der Waals surface area contributed by atoms with Gasteiger partial charge in [0.1, 0.15) is 18.1 Å². The number of benzene rings is 2. The highest BCUT2D eigenvalue weighted by molar-refractivity contribution is 5.96. The number of anilines is 2. The third-order valence-corrected chi connectivity index (χ3v) is 4.07. The van der Waals surface area contributed by atoms with Crippen LogP contribution in [-0.4, -0.2) is 25.0 Å². The largest absolute Gasteiger partial charge is 0.489 e. The lowest BCUT2D eigenvalue weighted by atomic mass is 10.2. The molecule has 0 aliphatic carbocycles. The van der Waals surface area contributed by atoms with E-state index in [-0.39, 0.29) is 18.4 Å². The van der Waals surface area contributed by atoms with Crippen LogP contribution in [0.3, 0.4) is 0 Å². The molecular weight excluding hydrogens is 382 g/mol. The molecule has 154 valence electrons. The van der Waals surface area contributed by atoms with Crippen molar-refractivity contribution in [2.45, 2.75) is 6.54 Å². The third-order valence-electron chi connectivity index (χ3n) is 4.07. The maximum atomic E-state index is 12.3. The summed E-state index contributed by atoms with van der Waals surface area (Å²) < 4.78 is 10.7. The van der Waals surface area contributed by atoms with Gasteiger partial charge < -0.3 is 25.1 Å². The van der Waals surface area contributed by atoms with E-state index in [4.69, 9.17) is 9.15 Å². The van der Waals surface area contributed by atoms with Crippen LogP contribution in [0.15, 0.2) is 84.0 Å². The smallest absolute Gasteiger partial charge is 0.251 e. The Hall–Kier alpha value is -4.00. The van der Waals surface area contributed by atoms with Gasteiger partial charge in [-0.2, -0.15) is 0 Å². The van der Waals surface area contributed by atoms with Crippen LogP contribution < -0.4 is 20.7 Å². The minimum Gasteiger partial charge on any atom is -0.489 e. The average Bonchev–Trinajstić information content (AvgIpc) is 3.29. The Labute approximate surface area is 174 Å². The summed E-state index contributed by atoms with van der Waals surface area (Å²) in [7, 11) is 0. The predicted molar refractivity (Wildman–Crippen MR) is 116 cm³/mol. The highest BCUT2D eigenvalue weighted by Gasteiger charge is 2.08. The van der Waals surface area contributed by atoms with E-state index in [1.54, 1.807) is 73.0 Å². The molecule has 0 aliphatic heterocycles. The van der Waals surface area contributed by atoms with Crippen LogP contribution in [0.4, 0.5) is 11.4 Å². The van der Waals surface area contributed by atoms with Crippen LogP contribution in [0, 0.1) is 0 Å². The number of nitrogens with one attached hydrogen (secondary N) is 3. The summed E-state index contributed by atoms with van der Waals surface area (Å²) in [5.41, 5.74) is 1.78. The first-order valence-corrected chi connectivity index (χ1v) is 9.42. The van der Waals surface area contributed by atoms with Gasteiger partial charge in [-0.05, 0) is 42.5 Å². The van der Waals surface area contributed by atoms with Gasteiger partial charge >= 0.3 is 0 Å². The zero-order valence-corrected chi connectivity index (χ0v) is 16.4. The molecule has 7 heteroatoms. The van der Waals surface area contributed by atoms with Gasteiger partial charge in [-0.1, -0.05) is 24.8 Å². The van der Waals surface area contributed by atoms with Crippen molar-refractivity contribution in [3.63, 3.8) is 0 Å². The molecule has 0 atom stereocenters. The molecule has 2 amide bonds. The molecule has 0 bridgehead atoms. The number of amides is 2. The Morgan fingerprint density at radius 2 is 1.87 bits per heavy atom. The summed E-state index contributed by atoms with van der Waals surface area (Å²) in [6, 6.07) is 17.6. The van der Waals surface area contributed by atoms with Gasteiger partial charge in [0, 0.05) is 23.0 Å². The molecule has 0 fully saturated rings. The molecule has 0 unspecified atom stereocenters. The van der Waals surface area contributed by atoms with E-state index in [9.17, 15) is 9.59 Å². The first kappa shape index (κ1) is 20.7. The van der Waals surface area contributed by atoms with Crippen LogP contribution in [0.25, 0.3) is 0 Å². The molecule has 1 heterocycles. The van der Waals surface area contributed by atoms with Gasteiger partial charge in [0.05, 0.1) is 19.4 Å². The third kappa shape index (κ3) is 6.27. The first-order valence-electron chi connectivity index (χ1n) is 9.42. The van der Waals surface area contributed by atoms with Crippen LogP contribution in [-0.2, 0) is 11.3 Å². The van der Waals surface area contributed by atoms with Crippen molar-refractivity contribution in [1.82, 2.24) is 5.32 Å². The van der Waals surface area contributed by atoms with Crippen molar-refractivity contribution in [2.75, 3.05) is 23.8 Å². The summed E-state index contributed by atoms with van der Waals surface area (Å²) >= 11 is 0. The van der Waals surface area contributed by atoms with Crippen LogP contribution >= 0.6 is 0 Å². The van der Waals surface area contributed by atoms with E-state index >= 15 is 0 Å². The van der Waals surface area contributed by atoms with Crippen molar-refractivity contribution in [2.24, 2.45) is 0 Å². The second kappa shape index (κ2) is 10.5. The second-order valence-electron chi connectivity index (χ2n) is 6.37. The van der Waals surface area contributed by atoms with Gasteiger partial charge in [0.25, 0.3) is 5.91 Å². The Kier molecular flexibility index (Phi) is 7.27. The van der Waals surface area contributed by atoms with Gasteiger partial charge in [-0.15, -0.1) is 0 Å². The second-order valence-corrected chi connectivity index (χ2v) is 6.37. The average molecular weight is 405 g/mol. The molecule has 0 aliphatic rings. The lowest BCUT2D eigenvalue weighted by Crippen LogP contribution is -2.23. The lowest BCUT2D eigenvalue weighted by molar-refractivity contribution is -0.114. The maximum Gasteiger partial charge on any atom is 0.251 e. The molecule has 3 aromatic rings. The highest BCUT2D eigenvalue weighted by Crippen LogP contribution is 2.17. The standard InChI is InChI=1S/C23H23N3O4/c1-2-11-29-20-9-4-8-19(14-20)26-22(27)16-24-18-7-3-6-17(13-18)23(28)25-15-21-10-5-12-30-21/h2-10,12-14,24H,1,11,15-16H2,(H,25,28)(H,26,27). The topological polar surface area (TPSA) is 92.6 Å². The molecular formula is C23H23N3O4. The minimum atomic E-state index is -0.226. The molecule has 0 radical (unpaired) electrons. The number of carbonyl (C=O) groups is 2. The number of furan rings is 1. The number of rotatable bonds is 10. The first-order chi connectivity index (χ1) is 14.6. The molecule has 1 aromatic heterocycles. The molecule has 3 rings (SSSR count). The van der Waals surface area contributed by atoms with E-state index in [0.29, 0.717) is 41.6 Å². The van der Waals surface area contributed by atoms with E-state index in [1.165, 1.54) is 0 Å². The van der Waals surface area contributed by atoms with E-state index in [0.717, 1.165) is 0 Å². The summed E-state index contributed by atoms with van der Waals surface area (Å²) in [6.07, 6.45) is 3.21. The highest BCUT2D eigenvalue weighted by atomic mass is 16.5. The van der Waals surface area contributed by atoms with Crippen LogP contribution in [0.1, 0.15) is 16.1 Å². The zero-order chi connectivity index (χ0) is 21.2. The Balaban J connectivity index is 1.50. The zero-order valence-electron chi connectivity index (χ0n) is 16.4. The number of carbonyl (C=O) groups excluding carboxylic acids is 2. The van der Waals surface area contributed by atoms with Crippen LogP contribution in [0.5, 0.6) is 5.75 Å². The summed E-state index contributed by atoms with van der Waals surface area (Å²) in [6.45, 7) is 4.36. The van der Waals surface area contributed by atoms with E-state index < -0.39 is 0 Å². The Morgan fingerprint density at radius 3 is 2.67 bits per heavy atom. The van der Waals surface area contributed by atoms with Gasteiger partial charge in [-0.25, -0.2) is 0 Å². The van der Waals surface area contributed by atoms with Crippen LogP contribution in [0.2, 0.25) is 0 Å². The Bertz CT molecular complexity index is 999. The SMILES string of the molecule is C=CCOc1cccc(NC(=O)CNc2cccc(C(=O)NCc3ccco3)c2)c1. The summed E-state index contributed by atoms with van der Waals surface area (Å²) in [4.78, 5) is 24.5. The number of ether oxygens (including phenoxy) is 1. The van der Waals surface area contributed by atoms with Crippen molar-refractivity contribution in [1.29, 1.82) is 0 Å². The quantitative estimate of drug-likeness (QED) is 0.446. The number of hydrogen-bond acceptors (Lipinski definition) is 5. The summed E-state index contributed by atoms with van der Waals surface area (Å²) in [5.74, 6) is 0.876. The fourth-order valence-corrected chi connectivity index (χ4v) is 2.66. The molecule has 30 heavy (non-hydrogen) atoms. The normalized spacial score (nSPS) is 10.1. The molecule has 0 spiro atoms. The van der Waals surface area contributed by atoms with E-state index in [1.807, 2.05) is 0 Å². The lowest BCUT2D eigenvalue weighted by Gasteiger charge is -2.10. The fraction of sp³-hybridized carbons (Fsp3) is 0.130.